The van der Waals surface area contributed by atoms with E-state index in [1.165, 1.54) is 0 Å². The predicted octanol–water partition coefficient (Wildman–Crippen LogP) is 3.15. The van der Waals surface area contributed by atoms with Crippen molar-refractivity contribution in [3.8, 4) is 23.0 Å². The van der Waals surface area contributed by atoms with Crippen LogP contribution in [0.15, 0.2) is 54.6 Å². The number of ether oxygens (including phenoxy) is 4. The van der Waals surface area contributed by atoms with Gasteiger partial charge in [-0.1, -0.05) is 18.2 Å². The number of aromatic hydroxyl groups is 1. The van der Waals surface area contributed by atoms with Crippen LogP contribution in [0.5, 0.6) is 23.0 Å². The average molecular weight is 577 g/mol. The van der Waals surface area contributed by atoms with Crippen LogP contribution in [0.1, 0.15) is 33.9 Å². The van der Waals surface area contributed by atoms with E-state index in [1.54, 1.807) is 18.2 Å². The number of phenols is 1. The third-order valence-corrected chi connectivity index (χ3v) is 8.46. The quantitative estimate of drug-likeness (QED) is 0.342. The van der Waals surface area contributed by atoms with Gasteiger partial charge in [0.15, 0.2) is 5.60 Å². The number of halogens is 1. The van der Waals surface area contributed by atoms with Crippen molar-refractivity contribution >= 4 is 0 Å². The van der Waals surface area contributed by atoms with E-state index in [0.29, 0.717) is 23.9 Å². The highest BCUT2D eigenvalue weighted by Crippen LogP contribution is 2.57. The number of nitrogens with one attached hydrogen (secondary N) is 3. The molecule has 9 nitrogen and oxygen atoms in total. The summed E-state index contributed by atoms with van der Waals surface area (Å²) in [7, 11) is 0. The van der Waals surface area contributed by atoms with Gasteiger partial charge in [0.05, 0.1) is 6.61 Å². The fourth-order valence-corrected chi connectivity index (χ4v) is 6.40. The molecule has 7 rings (SSSR count). The topological polar surface area (TPSA) is 99.8 Å². The van der Waals surface area contributed by atoms with Crippen molar-refractivity contribution in [2.24, 2.45) is 0 Å². The maximum atomic E-state index is 12.8. The molecule has 2 fully saturated rings. The van der Waals surface area contributed by atoms with Crippen molar-refractivity contribution in [1.29, 1.82) is 0 Å². The van der Waals surface area contributed by atoms with Gasteiger partial charge in [0.1, 0.15) is 48.6 Å². The Kier molecular flexibility index (Phi) is 7.74. The Labute approximate surface area is 244 Å². The highest BCUT2D eigenvalue weighted by molar-refractivity contribution is 5.65. The molecule has 4 aliphatic heterocycles. The molecule has 0 aliphatic carbocycles. The molecule has 3 unspecified atom stereocenters. The van der Waals surface area contributed by atoms with Crippen LogP contribution in [0.2, 0.25) is 0 Å². The van der Waals surface area contributed by atoms with Crippen LogP contribution in [-0.2, 0) is 21.7 Å². The summed E-state index contributed by atoms with van der Waals surface area (Å²) in [4.78, 5) is 2.42. The molecular weight excluding hydrogens is 539 g/mol. The van der Waals surface area contributed by atoms with Gasteiger partial charge >= 0.3 is 0 Å². The van der Waals surface area contributed by atoms with Crippen LogP contribution >= 0.6 is 0 Å². The van der Waals surface area contributed by atoms with Gasteiger partial charge in [0, 0.05) is 75.6 Å². The van der Waals surface area contributed by atoms with Crippen LogP contribution in [0.4, 0.5) is 4.39 Å². The molecule has 2 saturated heterocycles. The van der Waals surface area contributed by atoms with E-state index in [0.717, 1.165) is 80.2 Å². The number of rotatable bonds is 5. The summed E-state index contributed by atoms with van der Waals surface area (Å²) in [5.74, 6) is 1.69. The Morgan fingerprint density at radius 1 is 0.857 bits per heavy atom. The molecule has 0 saturated carbocycles. The lowest BCUT2D eigenvalue weighted by atomic mass is 9.77. The molecule has 3 aromatic rings. The maximum Gasteiger partial charge on any atom is 0.151 e. The lowest BCUT2D eigenvalue weighted by Gasteiger charge is -2.37. The van der Waals surface area contributed by atoms with Crippen LogP contribution in [-0.4, -0.2) is 81.9 Å². The number of alkyl halides is 1. The van der Waals surface area contributed by atoms with Crippen molar-refractivity contribution in [2.45, 2.75) is 24.5 Å². The second-order valence-electron chi connectivity index (χ2n) is 11.1. The van der Waals surface area contributed by atoms with E-state index in [2.05, 4.69) is 39.0 Å². The highest BCUT2D eigenvalue weighted by atomic mass is 19.1. The molecule has 42 heavy (non-hydrogen) atoms. The van der Waals surface area contributed by atoms with Gasteiger partial charge in [-0.25, -0.2) is 4.39 Å². The molecule has 4 N–H and O–H groups in total. The van der Waals surface area contributed by atoms with Gasteiger partial charge in [-0.3, -0.25) is 4.90 Å². The van der Waals surface area contributed by atoms with Crippen molar-refractivity contribution in [3.05, 3.63) is 82.4 Å². The van der Waals surface area contributed by atoms with Gasteiger partial charge in [-0.05, 0) is 41.0 Å². The van der Waals surface area contributed by atoms with Gasteiger partial charge in [0.25, 0.3) is 0 Å². The van der Waals surface area contributed by atoms with Crippen molar-refractivity contribution in [2.75, 3.05) is 65.6 Å². The summed E-state index contributed by atoms with van der Waals surface area (Å²) in [6.07, 6.45) is 0.0714. The zero-order valence-corrected chi connectivity index (χ0v) is 23.5. The van der Waals surface area contributed by atoms with Crippen molar-refractivity contribution in [1.82, 2.24) is 20.9 Å². The smallest absolute Gasteiger partial charge is 0.151 e. The Hall–Kier alpha value is -3.25. The lowest BCUT2D eigenvalue weighted by molar-refractivity contribution is 0.0198. The third kappa shape index (κ3) is 5.12. The van der Waals surface area contributed by atoms with Crippen LogP contribution in [0.25, 0.3) is 0 Å². The number of benzene rings is 3. The Bertz CT molecular complexity index is 1430. The number of fused-ring (bicyclic) bond motifs is 6. The molecule has 0 amide bonds. The summed E-state index contributed by atoms with van der Waals surface area (Å²) in [6.45, 7) is 7.37. The summed E-state index contributed by atoms with van der Waals surface area (Å²) in [5, 5.41) is 20.7. The van der Waals surface area contributed by atoms with Gasteiger partial charge in [0.2, 0.25) is 0 Å². The van der Waals surface area contributed by atoms with E-state index < -0.39 is 12.3 Å². The van der Waals surface area contributed by atoms with Crippen LogP contribution in [0.3, 0.4) is 0 Å². The van der Waals surface area contributed by atoms with E-state index in [-0.39, 0.29) is 24.7 Å². The minimum Gasteiger partial charge on any atom is -0.508 e. The monoisotopic (exact) mass is 576 g/mol. The lowest BCUT2D eigenvalue weighted by Crippen LogP contribution is -2.42. The van der Waals surface area contributed by atoms with E-state index in [4.69, 9.17) is 18.9 Å². The second kappa shape index (κ2) is 11.8. The van der Waals surface area contributed by atoms with Gasteiger partial charge in [-0.15, -0.1) is 0 Å². The Morgan fingerprint density at radius 2 is 1.55 bits per heavy atom. The summed E-state index contributed by atoms with van der Waals surface area (Å²) < 4.78 is 37.5. The van der Waals surface area contributed by atoms with Crippen LogP contribution in [0, 0.1) is 0 Å². The van der Waals surface area contributed by atoms with E-state index in [1.807, 2.05) is 18.2 Å². The fraction of sp³-hybridized carbons (Fsp3) is 0.438. The first kappa shape index (κ1) is 27.6. The molecule has 0 aromatic heterocycles. The second-order valence-corrected chi connectivity index (χ2v) is 11.1. The number of epoxide rings is 1. The minimum absolute atomic E-state index is 0.0165. The van der Waals surface area contributed by atoms with Gasteiger partial charge in [-0.2, -0.15) is 0 Å². The molecule has 4 heterocycles. The Morgan fingerprint density at radius 3 is 2.31 bits per heavy atom. The standard InChI is InChI=1S/C32H37FN4O5/c33-7-16-39-24-3-6-27-29(19-24)41-28-18-23(38)2-5-26(28)32(27)25-4-1-21(17-22(25)20-40-32)30-31(42-30)37-14-12-35-10-8-34-9-11-36-13-15-37/h1-6,17-19,30-31,34-36,38H,7-16,20H2. The SMILES string of the molecule is Oc1ccc2c(c1)Oc1cc(OCCF)ccc1C21OCc2cc(C3OC3N3CCNCCNCCNCC3)ccc21. The summed E-state index contributed by atoms with van der Waals surface area (Å²) >= 11 is 0. The van der Waals surface area contributed by atoms with Crippen LogP contribution < -0.4 is 25.4 Å². The summed E-state index contributed by atoms with van der Waals surface area (Å²) in [6, 6.07) is 17.1. The zero-order valence-electron chi connectivity index (χ0n) is 23.5. The maximum absolute atomic E-state index is 12.8. The molecule has 0 bridgehead atoms. The number of hydrogen-bond donors (Lipinski definition) is 4. The molecule has 4 aliphatic rings. The molecule has 0 radical (unpaired) electrons. The van der Waals surface area contributed by atoms with Crippen molar-refractivity contribution < 1.29 is 28.4 Å². The van der Waals surface area contributed by atoms with E-state index >= 15 is 0 Å². The first-order valence-corrected chi connectivity index (χ1v) is 14.8. The molecule has 3 atom stereocenters. The molecule has 222 valence electrons. The first-order chi connectivity index (χ1) is 20.7. The highest BCUT2D eigenvalue weighted by Gasteiger charge is 2.51. The average Bonchev–Trinajstić information content (AvgIpc) is 3.71. The van der Waals surface area contributed by atoms with Gasteiger partial charge < -0.3 is 40.0 Å². The fourth-order valence-electron chi connectivity index (χ4n) is 6.40. The number of hydrogen-bond acceptors (Lipinski definition) is 9. The molecule has 10 heteroatoms. The molecule has 1 spiro atoms. The Balaban J connectivity index is 1.17. The normalized spacial score (nSPS) is 25.8. The molecular formula is C32H37FN4O5. The molecule has 3 aromatic carbocycles. The van der Waals surface area contributed by atoms with Crippen molar-refractivity contribution in [3.63, 3.8) is 0 Å². The zero-order chi connectivity index (χ0) is 28.5. The van der Waals surface area contributed by atoms with E-state index in [9.17, 15) is 9.50 Å². The largest absolute Gasteiger partial charge is 0.508 e. The predicted molar refractivity (Wildman–Crippen MR) is 155 cm³/mol. The number of phenolic OH excluding ortho intramolecular Hbond substituents is 1. The third-order valence-electron chi connectivity index (χ3n) is 8.46. The first-order valence-electron chi connectivity index (χ1n) is 14.8. The number of nitrogens with zero attached hydrogens (tertiary/aromatic N) is 1. The summed E-state index contributed by atoms with van der Waals surface area (Å²) in [5.41, 5.74) is 4.03. The minimum atomic E-state index is -0.907.